The molecule has 1 aliphatic rings. The number of nitrogens with one attached hydrogen (secondary N) is 2. The molecular weight excluding hydrogens is 404 g/mol. The van der Waals surface area contributed by atoms with Gasteiger partial charge in [0.15, 0.2) is 5.13 Å². The second kappa shape index (κ2) is 8.91. The van der Waals surface area contributed by atoms with Crippen molar-refractivity contribution >= 4 is 39.9 Å². The summed E-state index contributed by atoms with van der Waals surface area (Å²) in [5.41, 5.74) is 1.63. The molecule has 9 heteroatoms. The summed E-state index contributed by atoms with van der Waals surface area (Å²) in [4.78, 5) is 42.9. The van der Waals surface area contributed by atoms with Gasteiger partial charge in [0.25, 0.3) is 11.8 Å². The normalized spacial score (nSPS) is 14.3. The quantitative estimate of drug-likeness (QED) is 0.653. The third-order valence-corrected chi connectivity index (χ3v) is 5.68. The molecule has 0 unspecified atom stereocenters. The van der Waals surface area contributed by atoms with Crippen molar-refractivity contribution in [3.8, 4) is 0 Å². The Morgan fingerprint density at radius 2 is 1.80 bits per heavy atom. The first-order valence-electron chi connectivity index (χ1n) is 9.53. The molecule has 0 bridgehead atoms. The highest BCUT2D eigenvalue weighted by molar-refractivity contribution is 7.13. The number of rotatable bonds is 5. The van der Waals surface area contributed by atoms with E-state index in [0.29, 0.717) is 47.9 Å². The van der Waals surface area contributed by atoms with Crippen molar-refractivity contribution in [2.75, 3.05) is 23.7 Å². The minimum atomic E-state index is -0.252. The van der Waals surface area contributed by atoms with Gasteiger partial charge in [-0.15, -0.1) is 11.3 Å². The van der Waals surface area contributed by atoms with Crippen LogP contribution in [0.2, 0.25) is 0 Å². The Morgan fingerprint density at radius 3 is 2.43 bits per heavy atom. The van der Waals surface area contributed by atoms with Crippen LogP contribution >= 0.6 is 11.3 Å². The molecule has 0 spiro atoms. The van der Waals surface area contributed by atoms with Crippen LogP contribution in [-0.2, 0) is 4.79 Å². The van der Waals surface area contributed by atoms with E-state index in [1.165, 1.54) is 23.9 Å². The van der Waals surface area contributed by atoms with Crippen molar-refractivity contribution in [2.45, 2.75) is 12.8 Å². The molecule has 8 nitrogen and oxygen atoms in total. The van der Waals surface area contributed by atoms with Crippen LogP contribution in [0.1, 0.15) is 33.6 Å². The topological polar surface area (TPSA) is 105 Å². The summed E-state index contributed by atoms with van der Waals surface area (Å²) in [6, 6.07) is 8.36. The number of hydrogen-bond acceptors (Lipinski definition) is 6. The van der Waals surface area contributed by atoms with E-state index in [-0.39, 0.29) is 23.6 Å². The van der Waals surface area contributed by atoms with Gasteiger partial charge in [0.1, 0.15) is 6.26 Å². The molecule has 4 rings (SSSR count). The van der Waals surface area contributed by atoms with Gasteiger partial charge >= 0.3 is 0 Å². The smallest absolute Gasteiger partial charge is 0.257 e. The Hall–Kier alpha value is -3.46. The van der Waals surface area contributed by atoms with E-state index in [1.54, 1.807) is 46.8 Å². The monoisotopic (exact) mass is 424 g/mol. The molecule has 1 aliphatic heterocycles. The highest BCUT2D eigenvalue weighted by Gasteiger charge is 2.28. The van der Waals surface area contributed by atoms with Gasteiger partial charge in [-0.2, -0.15) is 0 Å². The Balaban J connectivity index is 1.28. The molecule has 0 aliphatic carbocycles. The number of piperidine rings is 1. The molecule has 30 heavy (non-hydrogen) atoms. The Morgan fingerprint density at radius 1 is 1.03 bits per heavy atom. The summed E-state index contributed by atoms with van der Waals surface area (Å²) >= 11 is 1.35. The predicted molar refractivity (Wildman–Crippen MR) is 112 cm³/mol. The fourth-order valence-corrected chi connectivity index (χ4v) is 3.84. The lowest BCUT2D eigenvalue weighted by molar-refractivity contribution is -0.121. The van der Waals surface area contributed by atoms with E-state index in [0.717, 1.165) is 0 Å². The molecule has 1 aromatic carbocycles. The second-order valence-electron chi connectivity index (χ2n) is 6.94. The summed E-state index contributed by atoms with van der Waals surface area (Å²) in [6.45, 7) is 1.05. The third kappa shape index (κ3) is 4.57. The van der Waals surface area contributed by atoms with E-state index in [4.69, 9.17) is 4.42 Å². The molecule has 154 valence electrons. The average molecular weight is 424 g/mol. The number of likely N-dealkylation sites (tertiary alicyclic amines) is 1. The van der Waals surface area contributed by atoms with Crippen LogP contribution in [0.3, 0.4) is 0 Å². The zero-order valence-electron chi connectivity index (χ0n) is 16.0. The number of amides is 3. The van der Waals surface area contributed by atoms with Gasteiger partial charge in [-0.1, -0.05) is 0 Å². The number of hydrogen-bond donors (Lipinski definition) is 2. The number of nitrogens with zero attached hydrogens (tertiary/aromatic N) is 2. The minimum Gasteiger partial charge on any atom is -0.472 e. The Bertz CT molecular complexity index is 1010. The van der Waals surface area contributed by atoms with Crippen molar-refractivity contribution in [2.24, 2.45) is 5.92 Å². The maximum atomic E-state index is 12.6. The Labute approximate surface area is 176 Å². The molecule has 2 N–H and O–H groups in total. The molecule has 3 heterocycles. The zero-order valence-corrected chi connectivity index (χ0v) is 16.9. The van der Waals surface area contributed by atoms with Crippen LogP contribution < -0.4 is 10.6 Å². The summed E-state index contributed by atoms with van der Waals surface area (Å²) in [7, 11) is 0. The standard InChI is InChI=1S/C21H20N4O4S/c26-18(15-5-9-25(10-6-15)20(28)16-7-11-29-13-16)23-17-3-1-14(2-4-17)19(27)24-21-22-8-12-30-21/h1-4,7-8,11-13,15H,5-6,9-10H2,(H,23,26)(H,22,24,27). The van der Waals surface area contributed by atoms with Crippen molar-refractivity contribution in [3.05, 3.63) is 65.6 Å². The van der Waals surface area contributed by atoms with Gasteiger partial charge in [-0.05, 0) is 43.2 Å². The molecule has 0 radical (unpaired) electrons. The first-order chi connectivity index (χ1) is 14.6. The van der Waals surface area contributed by atoms with Gasteiger partial charge in [-0.25, -0.2) is 4.98 Å². The van der Waals surface area contributed by atoms with E-state index >= 15 is 0 Å². The SMILES string of the molecule is O=C(Nc1nccs1)c1ccc(NC(=O)C2CCN(C(=O)c3ccoc3)CC2)cc1. The zero-order chi connectivity index (χ0) is 20.9. The molecule has 1 fully saturated rings. The molecule has 3 aromatic rings. The third-order valence-electron chi connectivity index (χ3n) is 4.99. The maximum absolute atomic E-state index is 12.6. The van der Waals surface area contributed by atoms with Crippen molar-refractivity contribution in [3.63, 3.8) is 0 Å². The number of anilines is 2. The van der Waals surface area contributed by atoms with E-state index in [1.807, 2.05) is 0 Å². The van der Waals surface area contributed by atoms with Crippen LogP contribution in [0.5, 0.6) is 0 Å². The minimum absolute atomic E-state index is 0.0748. The van der Waals surface area contributed by atoms with Gasteiger partial charge in [0.2, 0.25) is 5.91 Å². The summed E-state index contributed by atoms with van der Waals surface area (Å²) in [6.07, 6.45) is 5.73. The number of aromatic nitrogens is 1. The van der Waals surface area contributed by atoms with Crippen molar-refractivity contribution in [1.29, 1.82) is 0 Å². The molecule has 0 atom stereocenters. The van der Waals surface area contributed by atoms with Crippen LogP contribution in [0.4, 0.5) is 10.8 Å². The lowest BCUT2D eigenvalue weighted by Gasteiger charge is -2.31. The van der Waals surface area contributed by atoms with Gasteiger partial charge in [-0.3, -0.25) is 19.7 Å². The molecular formula is C21H20N4O4S. The van der Waals surface area contributed by atoms with Crippen LogP contribution in [0.15, 0.2) is 58.9 Å². The van der Waals surface area contributed by atoms with Gasteiger partial charge < -0.3 is 14.6 Å². The predicted octanol–water partition coefficient (Wildman–Crippen LogP) is 3.48. The Kier molecular flexibility index (Phi) is 5.89. The number of furan rings is 1. The number of benzene rings is 1. The first kappa shape index (κ1) is 19.8. The highest BCUT2D eigenvalue weighted by atomic mass is 32.1. The fraction of sp³-hybridized carbons (Fsp3) is 0.238. The van der Waals surface area contributed by atoms with Crippen LogP contribution in [0.25, 0.3) is 0 Å². The van der Waals surface area contributed by atoms with Crippen molar-refractivity contribution < 1.29 is 18.8 Å². The molecule has 2 aromatic heterocycles. The van der Waals surface area contributed by atoms with E-state index < -0.39 is 0 Å². The second-order valence-corrected chi connectivity index (χ2v) is 7.83. The maximum Gasteiger partial charge on any atom is 0.257 e. The number of carbonyl (C=O) groups is 3. The van der Waals surface area contributed by atoms with Gasteiger partial charge in [0.05, 0.1) is 11.8 Å². The van der Waals surface area contributed by atoms with Crippen molar-refractivity contribution in [1.82, 2.24) is 9.88 Å². The average Bonchev–Trinajstić information content (AvgIpc) is 3.48. The molecule has 1 saturated heterocycles. The fourth-order valence-electron chi connectivity index (χ4n) is 3.32. The van der Waals surface area contributed by atoms with E-state index in [9.17, 15) is 14.4 Å². The summed E-state index contributed by atoms with van der Waals surface area (Å²) in [5, 5.41) is 7.93. The van der Waals surface area contributed by atoms with E-state index in [2.05, 4.69) is 15.6 Å². The highest BCUT2D eigenvalue weighted by Crippen LogP contribution is 2.22. The first-order valence-corrected chi connectivity index (χ1v) is 10.4. The lowest BCUT2D eigenvalue weighted by atomic mass is 9.95. The number of carbonyl (C=O) groups excluding carboxylic acids is 3. The summed E-state index contributed by atoms with van der Waals surface area (Å²) in [5.74, 6) is -0.566. The molecule has 0 saturated carbocycles. The molecule has 3 amide bonds. The van der Waals surface area contributed by atoms with Crippen LogP contribution in [0, 0.1) is 5.92 Å². The van der Waals surface area contributed by atoms with Crippen LogP contribution in [-0.4, -0.2) is 40.7 Å². The lowest BCUT2D eigenvalue weighted by Crippen LogP contribution is -2.41. The summed E-state index contributed by atoms with van der Waals surface area (Å²) < 4.78 is 4.96. The van der Waals surface area contributed by atoms with Gasteiger partial charge in [0, 0.05) is 41.8 Å². The largest absolute Gasteiger partial charge is 0.472 e. The number of thiazole rings is 1.